The molecule has 1 aromatic rings. The Kier molecular flexibility index (Phi) is 1.88. The van der Waals surface area contributed by atoms with Crippen LogP contribution in [0.5, 0.6) is 5.75 Å². The zero-order valence-corrected chi connectivity index (χ0v) is 7.06. The first-order valence-electron chi connectivity index (χ1n) is 4.18. The molecule has 68 valence electrons. The van der Waals surface area contributed by atoms with Crippen molar-refractivity contribution in [3.63, 3.8) is 0 Å². The highest BCUT2D eigenvalue weighted by Crippen LogP contribution is 2.28. The first-order valence-corrected chi connectivity index (χ1v) is 4.18. The Hall–Kier alpha value is -1.58. The number of carbonyl (C=O) groups excluding carboxylic acids is 1. The van der Waals surface area contributed by atoms with E-state index in [9.17, 15) is 4.79 Å². The van der Waals surface area contributed by atoms with Gasteiger partial charge in [0.2, 0.25) is 0 Å². The fraction of sp³-hybridized carbons (Fsp3) is 0.333. The van der Waals surface area contributed by atoms with E-state index in [0.717, 1.165) is 12.8 Å². The van der Waals surface area contributed by atoms with Gasteiger partial charge >= 0.3 is 0 Å². The van der Waals surface area contributed by atoms with E-state index < -0.39 is 5.91 Å². The lowest BCUT2D eigenvalue weighted by atomic mass is 10.2. The van der Waals surface area contributed by atoms with E-state index in [-0.39, 0.29) is 6.10 Å². The van der Waals surface area contributed by atoms with Crippen molar-refractivity contribution in [3.05, 3.63) is 24.0 Å². The molecule has 0 aliphatic heterocycles. The average molecular weight is 178 g/mol. The van der Waals surface area contributed by atoms with Crippen molar-refractivity contribution in [2.75, 3.05) is 0 Å². The lowest BCUT2D eigenvalue weighted by Crippen LogP contribution is -2.13. The number of hydrogen-bond acceptors (Lipinski definition) is 3. The molecule has 4 heteroatoms. The summed E-state index contributed by atoms with van der Waals surface area (Å²) in [6.07, 6.45) is 5.40. The summed E-state index contributed by atoms with van der Waals surface area (Å²) in [6.45, 7) is 0. The Labute approximate surface area is 75.7 Å². The van der Waals surface area contributed by atoms with Crippen LogP contribution in [0.1, 0.15) is 23.2 Å². The van der Waals surface area contributed by atoms with Crippen LogP contribution in [-0.4, -0.2) is 17.0 Å². The van der Waals surface area contributed by atoms with Crippen LogP contribution in [-0.2, 0) is 0 Å². The molecule has 0 bridgehead atoms. The molecule has 0 atom stereocenters. The number of primary amides is 1. The van der Waals surface area contributed by atoms with E-state index in [0.29, 0.717) is 11.3 Å². The molecule has 2 rings (SSSR count). The number of nitrogens with two attached hydrogens (primary N) is 1. The quantitative estimate of drug-likeness (QED) is 0.741. The Bertz CT molecular complexity index is 334. The smallest absolute Gasteiger partial charge is 0.252 e. The maximum Gasteiger partial charge on any atom is 0.252 e. The van der Waals surface area contributed by atoms with Crippen molar-refractivity contribution in [1.29, 1.82) is 0 Å². The summed E-state index contributed by atoms with van der Waals surface area (Å²) >= 11 is 0. The molecule has 2 N–H and O–H groups in total. The lowest BCUT2D eigenvalue weighted by Gasteiger charge is -2.06. The van der Waals surface area contributed by atoms with Crippen LogP contribution in [0.25, 0.3) is 0 Å². The SMILES string of the molecule is NC(=O)c1ccncc1OC1CC1. The minimum Gasteiger partial charge on any atom is -0.488 e. The number of hydrogen-bond donors (Lipinski definition) is 1. The van der Waals surface area contributed by atoms with Crippen LogP contribution < -0.4 is 10.5 Å². The third-order valence-electron chi connectivity index (χ3n) is 1.87. The molecule has 0 aromatic carbocycles. The van der Waals surface area contributed by atoms with Crippen molar-refractivity contribution in [3.8, 4) is 5.75 Å². The van der Waals surface area contributed by atoms with Gasteiger partial charge in [-0.25, -0.2) is 0 Å². The van der Waals surface area contributed by atoms with Crippen LogP contribution in [0.15, 0.2) is 18.5 Å². The summed E-state index contributed by atoms with van der Waals surface area (Å²) in [7, 11) is 0. The molecule has 1 aromatic heterocycles. The third kappa shape index (κ3) is 1.77. The Morgan fingerprint density at radius 1 is 1.62 bits per heavy atom. The highest BCUT2D eigenvalue weighted by atomic mass is 16.5. The minimum atomic E-state index is -0.474. The fourth-order valence-corrected chi connectivity index (χ4v) is 1.04. The standard InChI is InChI=1S/C9H10N2O2/c10-9(12)7-3-4-11-5-8(7)13-6-1-2-6/h3-6H,1-2H2,(H2,10,12). The molecule has 13 heavy (non-hydrogen) atoms. The maximum absolute atomic E-state index is 10.9. The number of ether oxygens (including phenoxy) is 1. The zero-order chi connectivity index (χ0) is 9.26. The first-order chi connectivity index (χ1) is 6.27. The summed E-state index contributed by atoms with van der Waals surface area (Å²) < 4.78 is 5.45. The second kappa shape index (κ2) is 3.05. The molecule has 0 radical (unpaired) electrons. The largest absolute Gasteiger partial charge is 0.488 e. The molecular formula is C9H10N2O2. The van der Waals surface area contributed by atoms with Crippen molar-refractivity contribution in [2.24, 2.45) is 5.73 Å². The number of nitrogens with zero attached hydrogens (tertiary/aromatic N) is 1. The molecular weight excluding hydrogens is 168 g/mol. The summed E-state index contributed by atoms with van der Waals surface area (Å²) in [4.78, 5) is 14.8. The summed E-state index contributed by atoms with van der Waals surface area (Å²) in [5.41, 5.74) is 5.57. The number of aromatic nitrogens is 1. The van der Waals surface area contributed by atoms with Gasteiger partial charge in [0.15, 0.2) is 5.75 Å². The van der Waals surface area contributed by atoms with Gasteiger partial charge in [-0.3, -0.25) is 9.78 Å². The van der Waals surface area contributed by atoms with Gasteiger partial charge < -0.3 is 10.5 Å². The number of pyridine rings is 1. The van der Waals surface area contributed by atoms with Crippen molar-refractivity contribution < 1.29 is 9.53 Å². The topological polar surface area (TPSA) is 65.2 Å². The maximum atomic E-state index is 10.9. The predicted octanol–water partition coefficient (Wildman–Crippen LogP) is 0.722. The molecule has 0 unspecified atom stereocenters. The van der Waals surface area contributed by atoms with Gasteiger partial charge in [-0.15, -0.1) is 0 Å². The lowest BCUT2D eigenvalue weighted by molar-refractivity contribution is 0.0996. The van der Waals surface area contributed by atoms with E-state index in [1.807, 2.05) is 0 Å². The Morgan fingerprint density at radius 3 is 3.00 bits per heavy atom. The third-order valence-corrected chi connectivity index (χ3v) is 1.87. The molecule has 1 aliphatic carbocycles. The predicted molar refractivity (Wildman–Crippen MR) is 46.4 cm³/mol. The van der Waals surface area contributed by atoms with Crippen molar-refractivity contribution in [1.82, 2.24) is 4.98 Å². The van der Waals surface area contributed by atoms with Crippen molar-refractivity contribution in [2.45, 2.75) is 18.9 Å². The molecule has 0 saturated heterocycles. The summed E-state index contributed by atoms with van der Waals surface area (Å²) in [5, 5.41) is 0. The van der Waals surface area contributed by atoms with E-state index in [4.69, 9.17) is 10.5 Å². The zero-order valence-electron chi connectivity index (χ0n) is 7.06. The molecule has 4 nitrogen and oxygen atoms in total. The number of rotatable bonds is 3. The minimum absolute atomic E-state index is 0.252. The van der Waals surface area contributed by atoms with Crippen LogP contribution >= 0.6 is 0 Å². The first kappa shape index (κ1) is 8.04. The van der Waals surface area contributed by atoms with E-state index in [2.05, 4.69) is 4.98 Å². The second-order valence-corrected chi connectivity index (χ2v) is 3.05. The number of carbonyl (C=O) groups is 1. The second-order valence-electron chi connectivity index (χ2n) is 3.05. The van der Waals surface area contributed by atoms with Gasteiger partial charge in [-0.05, 0) is 18.9 Å². The average Bonchev–Trinajstić information content (AvgIpc) is 2.89. The summed E-state index contributed by atoms with van der Waals surface area (Å²) in [6, 6.07) is 1.57. The highest BCUT2D eigenvalue weighted by Gasteiger charge is 2.25. The Balaban J connectivity index is 2.25. The van der Waals surface area contributed by atoms with Gasteiger partial charge in [0, 0.05) is 6.20 Å². The molecule has 0 spiro atoms. The van der Waals surface area contributed by atoms with Gasteiger partial charge in [-0.1, -0.05) is 0 Å². The van der Waals surface area contributed by atoms with Crippen LogP contribution in [0.3, 0.4) is 0 Å². The fourth-order valence-electron chi connectivity index (χ4n) is 1.04. The van der Waals surface area contributed by atoms with Gasteiger partial charge in [0.25, 0.3) is 5.91 Å². The van der Waals surface area contributed by atoms with Gasteiger partial charge in [-0.2, -0.15) is 0 Å². The summed E-state index contributed by atoms with van der Waals surface area (Å²) in [5.74, 6) is 0.0237. The van der Waals surface area contributed by atoms with Gasteiger partial charge in [0.1, 0.15) is 0 Å². The van der Waals surface area contributed by atoms with Crippen LogP contribution in [0.2, 0.25) is 0 Å². The van der Waals surface area contributed by atoms with E-state index in [1.54, 1.807) is 6.07 Å². The highest BCUT2D eigenvalue weighted by molar-refractivity contribution is 5.95. The van der Waals surface area contributed by atoms with Crippen molar-refractivity contribution >= 4 is 5.91 Å². The van der Waals surface area contributed by atoms with E-state index in [1.165, 1.54) is 12.4 Å². The van der Waals surface area contributed by atoms with Crippen LogP contribution in [0, 0.1) is 0 Å². The molecule has 1 heterocycles. The van der Waals surface area contributed by atoms with E-state index >= 15 is 0 Å². The monoisotopic (exact) mass is 178 g/mol. The Morgan fingerprint density at radius 2 is 2.38 bits per heavy atom. The number of amides is 1. The molecule has 1 fully saturated rings. The molecule has 1 aliphatic rings. The van der Waals surface area contributed by atoms with Gasteiger partial charge in [0.05, 0.1) is 17.9 Å². The molecule has 1 saturated carbocycles. The molecule has 1 amide bonds. The normalized spacial score (nSPS) is 15.4. The van der Waals surface area contributed by atoms with Crippen LogP contribution in [0.4, 0.5) is 0 Å².